The van der Waals surface area contributed by atoms with Crippen molar-refractivity contribution in [2.75, 3.05) is 32.6 Å². The Morgan fingerprint density at radius 3 is 2.62 bits per heavy atom. The molecule has 2 aromatic rings. The number of amides is 2. The fraction of sp³-hybridized carbons (Fsp3) is 0.222. The van der Waals surface area contributed by atoms with E-state index in [0.717, 1.165) is 17.0 Å². The van der Waals surface area contributed by atoms with Gasteiger partial charge in [0.1, 0.15) is 11.6 Å². The van der Waals surface area contributed by atoms with E-state index in [0.29, 0.717) is 17.5 Å². The van der Waals surface area contributed by atoms with E-state index < -0.39 is 30.1 Å². The lowest BCUT2D eigenvalue weighted by molar-refractivity contribution is -0.135. The quantitative estimate of drug-likeness (QED) is 0.820. The molecule has 0 saturated carbocycles. The molecule has 0 fully saturated rings. The smallest absolute Gasteiger partial charge is 0.260 e. The maximum absolute atomic E-state index is 13.5. The Balaban J connectivity index is 1.84. The molecule has 2 amide bonds. The van der Waals surface area contributed by atoms with E-state index in [9.17, 15) is 18.4 Å². The van der Waals surface area contributed by atoms with Gasteiger partial charge in [-0.3, -0.25) is 9.59 Å². The third-order valence-electron chi connectivity index (χ3n) is 3.41. The van der Waals surface area contributed by atoms with Gasteiger partial charge in [-0.25, -0.2) is 8.78 Å². The number of methoxy groups -OCH3 is 1. The number of hydrogen-bond donors (Lipinski definition) is 1. The van der Waals surface area contributed by atoms with E-state index in [-0.39, 0.29) is 12.3 Å². The van der Waals surface area contributed by atoms with Gasteiger partial charge in [0, 0.05) is 24.9 Å². The second kappa shape index (κ2) is 8.80. The topological polar surface area (TPSA) is 67.9 Å². The normalized spacial score (nSPS) is 10.2. The molecule has 0 bridgehead atoms. The van der Waals surface area contributed by atoms with Crippen molar-refractivity contribution < 1.29 is 27.8 Å². The molecule has 0 aliphatic carbocycles. The SMILES string of the molecule is COc1cccc(NC(=O)CN(C)C(=O)COc2ccc(F)cc2F)c1. The molecule has 0 atom stereocenters. The summed E-state index contributed by atoms with van der Waals surface area (Å²) in [5.74, 6) is -2.25. The van der Waals surface area contributed by atoms with Gasteiger partial charge in [-0.05, 0) is 24.3 Å². The highest BCUT2D eigenvalue weighted by atomic mass is 19.1. The first-order chi connectivity index (χ1) is 12.4. The van der Waals surface area contributed by atoms with E-state index in [2.05, 4.69) is 5.32 Å². The highest BCUT2D eigenvalue weighted by Crippen LogP contribution is 2.18. The summed E-state index contributed by atoms with van der Waals surface area (Å²) in [5.41, 5.74) is 0.528. The van der Waals surface area contributed by atoms with Gasteiger partial charge in [-0.2, -0.15) is 0 Å². The number of rotatable bonds is 7. The summed E-state index contributed by atoms with van der Waals surface area (Å²) in [5, 5.41) is 2.64. The molecule has 26 heavy (non-hydrogen) atoms. The minimum Gasteiger partial charge on any atom is -0.497 e. The molecule has 0 aromatic heterocycles. The van der Waals surface area contributed by atoms with Crippen LogP contribution in [0.15, 0.2) is 42.5 Å². The first-order valence-corrected chi connectivity index (χ1v) is 7.64. The zero-order valence-electron chi connectivity index (χ0n) is 14.3. The Kier molecular flexibility index (Phi) is 6.48. The fourth-order valence-corrected chi connectivity index (χ4v) is 2.05. The van der Waals surface area contributed by atoms with Crippen molar-refractivity contribution in [2.24, 2.45) is 0 Å². The number of hydrogen-bond acceptors (Lipinski definition) is 4. The first kappa shape index (κ1) is 19.2. The Morgan fingerprint density at radius 2 is 1.92 bits per heavy atom. The van der Waals surface area contributed by atoms with Crippen LogP contribution >= 0.6 is 0 Å². The number of carbonyl (C=O) groups is 2. The van der Waals surface area contributed by atoms with Crippen LogP contribution in [0.1, 0.15) is 0 Å². The van der Waals surface area contributed by atoms with E-state index in [4.69, 9.17) is 9.47 Å². The van der Waals surface area contributed by atoms with Gasteiger partial charge in [0.2, 0.25) is 5.91 Å². The predicted molar refractivity (Wildman–Crippen MR) is 91.1 cm³/mol. The standard InChI is InChI=1S/C18H18F2N2O4/c1-22(10-17(23)21-13-4-3-5-14(9-13)25-2)18(24)11-26-16-7-6-12(19)8-15(16)20/h3-9H,10-11H2,1-2H3,(H,21,23). The van der Waals surface area contributed by atoms with Crippen LogP contribution in [0.5, 0.6) is 11.5 Å². The summed E-state index contributed by atoms with van der Waals surface area (Å²) in [7, 11) is 2.93. The van der Waals surface area contributed by atoms with E-state index in [1.54, 1.807) is 24.3 Å². The van der Waals surface area contributed by atoms with Gasteiger partial charge in [0.05, 0.1) is 13.7 Å². The van der Waals surface area contributed by atoms with Crippen LogP contribution in [0.4, 0.5) is 14.5 Å². The molecule has 2 aromatic carbocycles. The molecule has 0 heterocycles. The third-order valence-corrected chi connectivity index (χ3v) is 3.41. The highest BCUT2D eigenvalue weighted by molar-refractivity contribution is 5.94. The minimum atomic E-state index is -0.906. The van der Waals surface area contributed by atoms with Crippen LogP contribution in [0.3, 0.4) is 0 Å². The van der Waals surface area contributed by atoms with Crippen molar-refractivity contribution >= 4 is 17.5 Å². The Labute approximate surface area is 149 Å². The molecule has 138 valence electrons. The van der Waals surface area contributed by atoms with Gasteiger partial charge in [0.25, 0.3) is 5.91 Å². The summed E-state index contributed by atoms with van der Waals surface area (Å²) < 4.78 is 36.4. The molecular formula is C18H18F2N2O4. The summed E-state index contributed by atoms with van der Waals surface area (Å²) in [4.78, 5) is 25.1. The van der Waals surface area contributed by atoms with Crippen molar-refractivity contribution in [3.8, 4) is 11.5 Å². The molecule has 0 spiro atoms. The van der Waals surface area contributed by atoms with Crippen molar-refractivity contribution in [3.05, 3.63) is 54.1 Å². The van der Waals surface area contributed by atoms with Crippen LogP contribution < -0.4 is 14.8 Å². The molecule has 1 N–H and O–H groups in total. The minimum absolute atomic E-state index is 0.217. The third kappa shape index (κ3) is 5.44. The monoisotopic (exact) mass is 364 g/mol. The van der Waals surface area contributed by atoms with Crippen molar-refractivity contribution in [1.82, 2.24) is 4.90 Å². The lowest BCUT2D eigenvalue weighted by atomic mass is 10.3. The van der Waals surface area contributed by atoms with Crippen LogP contribution in [0, 0.1) is 11.6 Å². The van der Waals surface area contributed by atoms with Gasteiger partial charge in [0.15, 0.2) is 18.2 Å². The van der Waals surface area contributed by atoms with Gasteiger partial charge >= 0.3 is 0 Å². The summed E-state index contributed by atoms with van der Waals surface area (Å²) in [6.07, 6.45) is 0. The van der Waals surface area contributed by atoms with Crippen molar-refractivity contribution in [3.63, 3.8) is 0 Å². The number of carbonyl (C=O) groups excluding carboxylic acids is 2. The largest absolute Gasteiger partial charge is 0.497 e. The second-order valence-electron chi connectivity index (χ2n) is 5.39. The molecule has 0 aliphatic rings. The van der Waals surface area contributed by atoms with Crippen LogP contribution in [-0.4, -0.2) is 44.0 Å². The first-order valence-electron chi connectivity index (χ1n) is 7.64. The fourth-order valence-electron chi connectivity index (χ4n) is 2.05. The second-order valence-corrected chi connectivity index (χ2v) is 5.39. The average Bonchev–Trinajstić information content (AvgIpc) is 2.60. The molecule has 0 saturated heterocycles. The average molecular weight is 364 g/mol. The van der Waals surface area contributed by atoms with E-state index in [1.807, 2.05) is 0 Å². The Morgan fingerprint density at radius 1 is 1.15 bits per heavy atom. The summed E-state index contributed by atoms with van der Waals surface area (Å²) in [6.45, 7) is -0.698. The number of likely N-dealkylation sites (N-methyl/N-ethyl adjacent to an activating group) is 1. The number of halogens is 2. The maximum Gasteiger partial charge on any atom is 0.260 e. The van der Waals surface area contributed by atoms with Crippen molar-refractivity contribution in [1.29, 1.82) is 0 Å². The van der Waals surface area contributed by atoms with E-state index in [1.165, 1.54) is 14.2 Å². The number of anilines is 1. The number of benzene rings is 2. The molecule has 2 rings (SSSR count). The van der Waals surface area contributed by atoms with Gasteiger partial charge < -0.3 is 19.7 Å². The molecule has 0 radical (unpaired) electrons. The molecule has 6 nitrogen and oxygen atoms in total. The molecule has 8 heteroatoms. The maximum atomic E-state index is 13.5. The lowest BCUT2D eigenvalue weighted by Gasteiger charge is -2.17. The van der Waals surface area contributed by atoms with E-state index >= 15 is 0 Å². The predicted octanol–water partition coefficient (Wildman–Crippen LogP) is 2.45. The molecule has 0 unspecified atom stereocenters. The van der Waals surface area contributed by atoms with Crippen molar-refractivity contribution in [2.45, 2.75) is 0 Å². The Bertz CT molecular complexity index is 799. The Hall–Kier alpha value is -3.16. The summed E-state index contributed by atoms with van der Waals surface area (Å²) in [6, 6.07) is 9.54. The zero-order valence-corrected chi connectivity index (χ0v) is 14.3. The lowest BCUT2D eigenvalue weighted by Crippen LogP contribution is -2.37. The summed E-state index contributed by atoms with van der Waals surface area (Å²) >= 11 is 0. The molecule has 0 aliphatic heterocycles. The van der Waals surface area contributed by atoms with Gasteiger partial charge in [-0.15, -0.1) is 0 Å². The number of ether oxygens (including phenoxy) is 2. The van der Waals surface area contributed by atoms with Crippen LogP contribution in [0.2, 0.25) is 0 Å². The zero-order chi connectivity index (χ0) is 19.1. The van der Waals surface area contributed by atoms with Crippen LogP contribution in [0.25, 0.3) is 0 Å². The highest BCUT2D eigenvalue weighted by Gasteiger charge is 2.15. The van der Waals surface area contributed by atoms with Gasteiger partial charge in [-0.1, -0.05) is 6.07 Å². The number of nitrogens with one attached hydrogen (secondary N) is 1. The molecular weight excluding hydrogens is 346 g/mol. The number of nitrogens with zero attached hydrogens (tertiary/aromatic N) is 1. The van der Waals surface area contributed by atoms with Crippen LogP contribution in [-0.2, 0) is 9.59 Å².